The summed E-state index contributed by atoms with van der Waals surface area (Å²) in [6, 6.07) is 4.30. The lowest BCUT2D eigenvalue weighted by molar-refractivity contribution is -0.137. The number of hydrogen-bond donors (Lipinski definition) is 0. The van der Waals surface area contributed by atoms with Crippen LogP contribution in [0.2, 0.25) is 5.02 Å². The minimum atomic E-state index is -0.530. The van der Waals surface area contributed by atoms with Gasteiger partial charge >= 0.3 is 0 Å². The predicted molar refractivity (Wildman–Crippen MR) is 71.0 cm³/mol. The second-order valence-electron chi connectivity index (χ2n) is 5.57. The van der Waals surface area contributed by atoms with Gasteiger partial charge < -0.3 is 4.74 Å². The third-order valence-electron chi connectivity index (χ3n) is 4.33. The normalized spacial score (nSPS) is 25.1. The summed E-state index contributed by atoms with van der Waals surface area (Å²) >= 11 is 5.64. The molecule has 1 unspecified atom stereocenters. The Morgan fingerprint density at radius 1 is 1.42 bits per heavy atom. The molecule has 0 bridgehead atoms. The largest absolute Gasteiger partial charge is 0.375 e. The van der Waals surface area contributed by atoms with E-state index in [1.54, 1.807) is 6.07 Å². The monoisotopic (exact) mass is 282 g/mol. The van der Waals surface area contributed by atoms with Crippen LogP contribution >= 0.6 is 11.6 Å². The highest BCUT2D eigenvalue weighted by molar-refractivity contribution is 6.30. The fourth-order valence-electron chi connectivity index (χ4n) is 3.06. The number of carbonyl (C=O) groups is 1. The summed E-state index contributed by atoms with van der Waals surface area (Å²) in [6.45, 7) is 0.631. The van der Waals surface area contributed by atoms with Crippen LogP contribution in [0.4, 0.5) is 4.39 Å². The van der Waals surface area contributed by atoms with E-state index in [4.69, 9.17) is 16.3 Å². The van der Waals surface area contributed by atoms with E-state index in [-0.39, 0.29) is 22.3 Å². The van der Waals surface area contributed by atoms with Gasteiger partial charge in [-0.05, 0) is 50.3 Å². The topological polar surface area (TPSA) is 26.3 Å². The van der Waals surface area contributed by atoms with Crippen LogP contribution in [0.25, 0.3) is 0 Å². The number of ketones is 1. The molecule has 2 aliphatic rings. The summed E-state index contributed by atoms with van der Waals surface area (Å²) in [4.78, 5) is 12.4. The zero-order valence-electron chi connectivity index (χ0n) is 10.6. The van der Waals surface area contributed by atoms with Crippen molar-refractivity contribution in [3.05, 3.63) is 34.6 Å². The SMILES string of the molecule is O=C(c1ccc(Cl)c(F)c1)C1CCOC2(CCC2)C1. The zero-order chi connectivity index (χ0) is 13.5. The lowest BCUT2D eigenvalue weighted by Gasteiger charge is -2.46. The molecular weight excluding hydrogens is 267 g/mol. The van der Waals surface area contributed by atoms with Crippen LogP contribution in [0.1, 0.15) is 42.5 Å². The van der Waals surface area contributed by atoms with Gasteiger partial charge in [-0.1, -0.05) is 11.6 Å². The van der Waals surface area contributed by atoms with E-state index in [1.165, 1.54) is 18.6 Å². The summed E-state index contributed by atoms with van der Waals surface area (Å²) in [6.07, 6.45) is 4.77. The number of benzene rings is 1. The molecule has 0 N–H and O–H groups in total. The fraction of sp³-hybridized carbons (Fsp3) is 0.533. The minimum Gasteiger partial charge on any atom is -0.375 e. The maximum atomic E-state index is 13.4. The van der Waals surface area contributed by atoms with Crippen molar-refractivity contribution in [1.29, 1.82) is 0 Å². The van der Waals surface area contributed by atoms with E-state index in [2.05, 4.69) is 0 Å². The van der Waals surface area contributed by atoms with Crippen molar-refractivity contribution >= 4 is 17.4 Å². The summed E-state index contributed by atoms with van der Waals surface area (Å²) < 4.78 is 19.2. The van der Waals surface area contributed by atoms with Crippen LogP contribution in [0.5, 0.6) is 0 Å². The third-order valence-corrected chi connectivity index (χ3v) is 4.64. The van der Waals surface area contributed by atoms with Crippen LogP contribution in [-0.4, -0.2) is 18.0 Å². The van der Waals surface area contributed by atoms with Crippen molar-refractivity contribution in [3.8, 4) is 0 Å². The highest BCUT2D eigenvalue weighted by Crippen LogP contribution is 2.44. The molecule has 2 fully saturated rings. The van der Waals surface area contributed by atoms with Crippen LogP contribution in [-0.2, 0) is 4.74 Å². The third kappa shape index (κ3) is 2.41. The second-order valence-corrected chi connectivity index (χ2v) is 5.98. The smallest absolute Gasteiger partial charge is 0.166 e. The Balaban J connectivity index is 1.77. The van der Waals surface area contributed by atoms with E-state index < -0.39 is 5.82 Å². The molecule has 0 aromatic heterocycles. The standard InChI is InChI=1S/C15H16ClFO2/c16-12-3-2-10(8-13(12)17)14(18)11-4-7-19-15(9-11)5-1-6-15/h2-3,8,11H,1,4-7,9H2. The van der Waals surface area contributed by atoms with E-state index in [0.29, 0.717) is 12.2 Å². The summed E-state index contributed by atoms with van der Waals surface area (Å²) in [7, 11) is 0. The summed E-state index contributed by atoms with van der Waals surface area (Å²) in [5.41, 5.74) is 0.354. The molecule has 1 aliphatic carbocycles. The molecule has 19 heavy (non-hydrogen) atoms. The van der Waals surface area contributed by atoms with E-state index >= 15 is 0 Å². The molecule has 1 aromatic carbocycles. The van der Waals surface area contributed by atoms with Gasteiger partial charge in [0.1, 0.15) is 5.82 Å². The average molecular weight is 283 g/mol. The number of ether oxygens (including phenoxy) is 1. The van der Waals surface area contributed by atoms with Gasteiger partial charge in [-0.3, -0.25) is 4.79 Å². The van der Waals surface area contributed by atoms with Gasteiger partial charge in [0.15, 0.2) is 5.78 Å². The van der Waals surface area contributed by atoms with Crippen LogP contribution in [0.15, 0.2) is 18.2 Å². The Morgan fingerprint density at radius 3 is 2.84 bits per heavy atom. The molecule has 1 spiro atoms. The van der Waals surface area contributed by atoms with Crippen molar-refractivity contribution in [3.63, 3.8) is 0 Å². The molecule has 1 aromatic rings. The van der Waals surface area contributed by atoms with Gasteiger partial charge in [0.2, 0.25) is 0 Å². The maximum absolute atomic E-state index is 13.4. The Bertz CT molecular complexity index is 511. The first-order valence-electron chi connectivity index (χ1n) is 6.73. The molecule has 102 valence electrons. The van der Waals surface area contributed by atoms with Gasteiger partial charge in [-0.2, -0.15) is 0 Å². The number of halogens is 2. The van der Waals surface area contributed by atoms with Crippen LogP contribution in [0, 0.1) is 11.7 Å². The van der Waals surface area contributed by atoms with Crippen LogP contribution in [0.3, 0.4) is 0 Å². The van der Waals surface area contributed by atoms with Crippen molar-refractivity contribution in [1.82, 2.24) is 0 Å². The molecule has 4 heteroatoms. The number of carbonyl (C=O) groups excluding carboxylic acids is 1. The highest BCUT2D eigenvalue weighted by atomic mass is 35.5. The van der Waals surface area contributed by atoms with Crippen LogP contribution < -0.4 is 0 Å². The minimum absolute atomic E-state index is 0.0186. The molecule has 1 saturated heterocycles. The molecule has 3 rings (SSSR count). The molecular formula is C15H16ClFO2. The predicted octanol–water partition coefficient (Wildman–Crippen LogP) is 4.01. The number of hydrogen-bond acceptors (Lipinski definition) is 2. The Hall–Kier alpha value is -0.930. The number of rotatable bonds is 2. The first kappa shape index (κ1) is 13.1. The molecule has 1 saturated carbocycles. The Labute approximate surface area is 116 Å². The highest BCUT2D eigenvalue weighted by Gasteiger charge is 2.44. The lowest BCUT2D eigenvalue weighted by atomic mass is 9.70. The Morgan fingerprint density at radius 2 is 2.21 bits per heavy atom. The first-order chi connectivity index (χ1) is 9.10. The van der Waals surface area contributed by atoms with E-state index in [9.17, 15) is 9.18 Å². The van der Waals surface area contributed by atoms with Crippen molar-refractivity contribution in [2.24, 2.45) is 5.92 Å². The lowest BCUT2D eigenvalue weighted by Crippen LogP contribution is -2.47. The van der Waals surface area contributed by atoms with Crippen molar-refractivity contribution < 1.29 is 13.9 Å². The molecule has 0 amide bonds. The molecule has 2 nitrogen and oxygen atoms in total. The zero-order valence-corrected chi connectivity index (χ0v) is 11.4. The molecule has 1 atom stereocenters. The molecule has 0 radical (unpaired) electrons. The van der Waals surface area contributed by atoms with E-state index in [0.717, 1.165) is 25.7 Å². The van der Waals surface area contributed by atoms with Crippen molar-refractivity contribution in [2.45, 2.75) is 37.7 Å². The first-order valence-corrected chi connectivity index (χ1v) is 7.11. The number of Topliss-reactive ketones (excluding diaryl/α,β-unsaturated/α-hetero) is 1. The van der Waals surface area contributed by atoms with Gasteiger partial charge in [0.05, 0.1) is 10.6 Å². The average Bonchev–Trinajstić information content (AvgIpc) is 2.39. The molecule has 1 heterocycles. The van der Waals surface area contributed by atoms with Crippen molar-refractivity contribution in [2.75, 3.05) is 6.61 Å². The summed E-state index contributed by atoms with van der Waals surface area (Å²) in [5.74, 6) is -0.558. The van der Waals surface area contributed by atoms with Gasteiger partial charge in [-0.15, -0.1) is 0 Å². The quantitative estimate of drug-likeness (QED) is 0.766. The maximum Gasteiger partial charge on any atom is 0.166 e. The van der Waals surface area contributed by atoms with Gasteiger partial charge in [0.25, 0.3) is 0 Å². The van der Waals surface area contributed by atoms with E-state index in [1.807, 2.05) is 0 Å². The Kier molecular flexibility index (Phi) is 3.35. The van der Waals surface area contributed by atoms with Gasteiger partial charge in [0, 0.05) is 18.1 Å². The fourth-order valence-corrected chi connectivity index (χ4v) is 3.17. The van der Waals surface area contributed by atoms with Gasteiger partial charge in [-0.25, -0.2) is 4.39 Å². The summed E-state index contributed by atoms with van der Waals surface area (Å²) in [5, 5.41) is 0.0546. The molecule has 1 aliphatic heterocycles. The second kappa shape index (κ2) is 4.88.